The van der Waals surface area contributed by atoms with Gasteiger partial charge in [-0.25, -0.2) is 13.2 Å². The standard InChI is InChI=1S/C19H22N2O5S/c1-3-13-20-18(22)14(2)26-19(23)15-9-11-17(12-10-15)27(24,25)21-16-7-5-4-6-8-16/h4-12,14,21H,3,13H2,1-2H3,(H,20,22). The zero-order valence-electron chi connectivity index (χ0n) is 15.1. The lowest BCUT2D eigenvalue weighted by molar-refractivity contribution is -0.129. The highest BCUT2D eigenvalue weighted by atomic mass is 32.2. The van der Waals surface area contributed by atoms with Crippen LogP contribution in [0.15, 0.2) is 59.5 Å². The molecule has 0 aliphatic heterocycles. The van der Waals surface area contributed by atoms with Crippen LogP contribution in [0.2, 0.25) is 0 Å². The third-order valence-corrected chi connectivity index (χ3v) is 5.03. The van der Waals surface area contributed by atoms with Gasteiger partial charge in [-0.1, -0.05) is 25.1 Å². The average Bonchev–Trinajstić information content (AvgIpc) is 2.66. The van der Waals surface area contributed by atoms with Crippen molar-refractivity contribution in [2.75, 3.05) is 11.3 Å². The van der Waals surface area contributed by atoms with Crippen molar-refractivity contribution in [3.63, 3.8) is 0 Å². The fourth-order valence-electron chi connectivity index (χ4n) is 2.16. The van der Waals surface area contributed by atoms with Crippen LogP contribution in [0, 0.1) is 0 Å². The lowest BCUT2D eigenvalue weighted by Gasteiger charge is -2.13. The molecule has 2 aromatic carbocycles. The van der Waals surface area contributed by atoms with Crippen LogP contribution in [0.3, 0.4) is 0 Å². The fourth-order valence-corrected chi connectivity index (χ4v) is 3.22. The second kappa shape index (κ2) is 9.18. The van der Waals surface area contributed by atoms with E-state index < -0.39 is 22.1 Å². The van der Waals surface area contributed by atoms with Crippen LogP contribution < -0.4 is 10.0 Å². The molecule has 27 heavy (non-hydrogen) atoms. The summed E-state index contributed by atoms with van der Waals surface area (Å²) < 4.78 is 32.3. The number of hydrogen-bond donors (Lipinski definition) is 2. The topological polar surface area (TPSA) is 102 Å². The highest BCUT2D eigenvalue weighted by molar-refractivity contribution is 7.92. The van der Waals surface area contributed by atoms with Gasteiger partial charge >= 0.3 is 5.97 Å². The summed E-state index contributed by atoms with van der Waals surface area (Å²) in [5, 5.41) is 2.64. The van der Waals surface area contributed by atoms with Crippen molar-refractivity contribution in [2.45, 2.75) is 31.3 Å². The third kappa shape index (κ3) is 5.82. The van der Waals surface area contributed by atoms with E-state index >= 15 is 0 Å². The summed E-state index contributed by atoms with van der Waals surface area (Å²) >= 11 is 0. The summed E-state index contributed by atoms with van der Waals surface area (Å²) in [7, 11) is -3.77. The molecule has 0 saturated heterocycles. The number of rotatable bonds is 8. The van der Waals surface area contributed by atoms with Crippen LogP contribution in [0.4, 0.5) is 5.69 Å². The molecule has 0 aliphatic carbocycles. The summed E-state index contributed by atoms with van der Waals surface area (Å²) in [6.45, 7) is 3.90. The Bertz CT molecular complexity index is 880. The van der Waals surface area contributed by atoms with Crippen molar-refractivity contribution in [1.29, 1.82) is 0 Å². The summed E-state index contributed by atoms with van der Waals surface area (Å²) in [5.74, 6) is -1.08. The number of carbonyl (C=O) groups is 2. The van der Waals surface area contributed by atoms with E-state index in [4.69, 9.17) is 4.74 Å². The Morgan fingerprint density at radius 1 is 1.04 bits per heavy atom. The molecule has 1 atom stereocenters. The highest BCUT2D eigenvalue weighted by Gasteiger charge is 2.20. The maximum atomic E-state index is 12.4. The normalized spacial score (nSPS) is 12.1. The predicted molar refractivity (Wildman–Crippen MR) is 102 cm³/mol. The van der Waals surface area contributed by atoms with Gasteiger partial charge in [0.15, 0.2) is 6.10 Å². The van der Waals surface area contributed by atoms with Gasteiger partial charge in [-0.3, -0.25) is 9.52 Å². The molecule has 0 heterocycles. The second-order valence-corrected chi connectivity index (χ2v) is 7.52. The first-order valence-electron chi connectivity index (χ1n) is 8.50. The van der Waals surface area contributed by atoms with Crippen LogP contribution in [0.25, 0.3) is 0 Å². The van der Waals surface area contributed by atoms with Crippen molar-refractivity contribution in [2.24, 2.45) is 0 Å². The molecule has 0 aromatic heterocycles. The highest BCUT2D eigenvalue weighted by Crippen LogP contribution is 2.17. The first-order valence-corrected chi connectivity index (χ1v) is 9.98. The molecular weight excluding hydrogens is 368 g/mol. The van der Waals surface area contributed by atoms with Gasteiger partial charge in [-0.15, -0.1) is 0 Å². The van der Waals surface area contributed by atoms with Gasteiger partial charge in [0, 0.05) is 12.2 Å². The molecule has 0 radical (unpaired) electrons. The lowest BCUT2D eigenvalue weighted by atomic mass is 10.2. The summed E-state index contributed by atoms with van der Waals surface area (Å²) in [4.78, 5) is 23.9. The van der Waals surface area contributed by atoms with Crippen molar-refractivity contribution >= 4 is 27.6 Å². The average molecular weight is 390 g/mol. The van der Waals surface area contributed by atoms with Crippen molar-refractivity contribution in [3.05, 3.63) is 60.2 Å². The van der Waals surface area contributed by atoms with E-state index in [0.717, 1.165) is 6.42 Å². The van der Waals surface area contributed by atoms with E-state index in [0.29, 0.717) is 12.2 Å². The van der Waals surface area contributed by atoms with Gasteiger partial charge in [0.2, 0.25) is 0 Å². The van der Waals surface area contributed by atoms with Gasteiger partial charge < -0.3 is 10.1 Å². The predicted octanol–water partition coefficient (Wildman–Crippen LogP) is 2.56. The van der Waals surface area contributed by atoms with Crippen LogP contribution in [-0.4, -0.2) is 32.9 Å². The van der Waals surface area contributed by atoms with Gasteiger partial charge in [-0.05, 0) is 49.7 Å². The zero-order chi connectivity index (χ0) is 19.9. The molecule has 1 unspecified atom stereocenters. The molecular formula is C19H22N2O5S. The van der Waals surface area contributed by atoms with Crippen LogP contribution >= 0.6 is 0 Å². The van der Waals surface area contributed by atoms with Crippen LogP contribution in [0.5, 0.6) is 0 Å². The van der Waals surface area contributed by atoms with E-state index in [1.165, 1.54) is 31.2 Å². The maximum Gasteiger partial charge on any atom is 0.338 e. The minimum Gasteiger partial charge on any atom is -0.449 e. The van der Waals surface area contributed by atoms with Crippen molar-refractivity contribution in [3.8, 4) is 0 Å². The summed E-state index contributed by atoms with van der Waals surface area (Å²) in [6.07, 6.45) is -0.161. The minimum atomic E-state index is -3.77. The van der Waals surface area contributed by atoms with E-state index in [-0.39, 0.29) is 16.4 Å². The monoisotopic (exact) mass is 390 g/mol. The molecule has 0 aliphatic rings. The number of ether oxygens (including phenoxy) is 1. The van der Waals surface area contributed by atoms with Gasteiger partial charge in [0.25, 0.3) is 15.9 Å². The van der Waals surface area contributed by atoms with Crippen LogP contribution in [0.1, 0.15) is 30.6 Å². The number of anilines is 1. The quantitative estimate of drug-likeness (QED) is 0.675. The van der Waals surface area contributed by atoms with E-state index in [1.807, 2.05) is 6.92 Å². The minimum absolute atomic E-state index is 0.0108. The number of amides is 1. The van der Waals surface area contributed by atoms with E-state index in [9.17, 15) is 18.0 Å². The van der Waals surface area contributed by atoms with Crippen molar-refractivity contribution < 1.29 is 22.7 Å². The first-order chi connectivity index (χ1) is 12.8. The number of para-hydroxylation sites is 1. The smallest absolute Gasteiger partial charge is 0.338 e. The Hall–Kier alpha value is -2.87. The Balaban J connectivity index is 2.03. The molecule has 0 spiro atoms. The Morgan fingerprint density at radius 2 is 1.67 bits per heavy atom. The molecule has 2 N–H and O–H groups in total. The SMILES string of the molecule is CCCNC(=O)C(C)OC(=O)c1ccc(S(=O)(=O)Nc2ccccc2)cc1. The van der Waals surface area contributed by atoms with Crippen LogP contribution in [-0.2, 0) is 19.6 Å². The molecule has 0 fully saturated rings. The second-order valence-electron chi connectivity index (χ2n) is 5.83. The number of nitrogens with one attached hydrogen (secondary N) is 2. The molecule has 0 bridgehead atoms. The number of hydrogen-bond acceptors (Lipinski definition) is 5. The maximum absolute atomic E-state index is 12.4. The number of esters is 1. The number of sulfonamides is 1. The molecule has 0 saturated carbocycles. The van der Waals surface area contributed by atoms with Crippen molar-refractivity contribution in [1.82, 2.24) is 5.32 Å². The number of carbonyl (C=O) groups excluding carboxylic acids is 2. The third-order valence-electron chi connectivity index (χ3n) is 3.63. The van der Waals surface area contributed by atoms with Gasteiger partial charge in [-0.2, -0.15) is 0 Å². The summed E-state index contributed by atoms with van der Waals surface area (Å²) in [6, 6.07) is 13.8. The van der Waals surface area contributed by atoms with Gasteiger partial charge in [0.05, 0.1) is 10.5 Å². The molecule has 2 rings (SSSR count). The van der Waals surface area contributed by atoms with E-state index in [1.54, 1.807) is 30.3 Å². The first kappa shape index (κ1) is 20.4. The Morgan fingerprint density at radius 3 is 2.26 bits per heavy atom. The fraction of sp³-hybridized carbons (Fsp3) is 0.263. The molecule has 8 heteroatoms. The lowest BCUT2D eigenvalue weighted by Crippen LogP contribution is -2.36. The largest absolute Gasteiger partial charge is 0.449 e. The Labute approximate surface area is 158 Å². The summed E-state index contributed by atoms with van der Waals surface area (Å²) in [5.41, 5.74) is 0.594. The molecule has 1 amide bonds. The molecule has 2 aromatic rings. The zero-order valence-corrected chi connectivity index (χ0v) is 16.0. The van der Waals surface area contributed by atoms with Gasteiger partial charge in [0.1, 0.15) is 0 Å². The molecule has 144 valence electrons. The molecule has 7 nitrogen and oxygen atoms in total. The number of benzene rings is 2. The van der Waals surface area contributed by atoms with E-state index in [2.05, 4.69) is 10.0 Å². The Kier molecular flexibility index (Phi) is 6.95.